The molecular formula is C12H21N3O6. The number of aliphatic carboxylic acids is 1. The van der Waals surface area contributed by atoms with Gasteiger partial charge in [-0.3, -0.25) is 4.79 Å². The molecule has 0 radical (unpaired) electrons. The highest BCUT2D eigenvalue weighted by Gasteiger charge is 2.34. The lowest BCUT2D eigenvalue weighted by atomic mass is 10.2. The number of morpholine rings is 1. The van der Waals surface area contributed by atoms with E-state index in [-0.39, 0.29) is 31.7 Å². The monoisotopic (exact) mass is 303 g/mol. The highest BCUT2D eigenvalue weighted by molar-refractivity contribution is 5.89. The van der Waals surface area contributed by atoms with Crippen LogP contribution in [0.4, 0.5) is 4.79 Å². The molecule has 0 aromatic heterocycles. The Hall–Kier alpha value is -1.87. The minimum Gasteiger partial charge on any atom is -0.480 e. The first kappa shape index (κ1) is 17.2. The molecule has 9 nitrogen and oxygen atoms in total. The Kier molecular flexibility index (Phi) is 6.38. The van der Waals surface area contributed by atoms with E-state index in [4.69, 9.17) is 14.9 Å². The van der Waals surface area contributed by atoms with Crippen LogP contribution in [0.5, 0.6) is 0 Å². The second-order valence-electron chi connectivity index (χ2n) is 4.97. The molecule has 0 aromatic carbocycles. The maximum atomic E-state index is 12.1. The molecule has 0 saturated carbocycles. The summed E-state index contributed by atoms with van der Waals surface area (Å²) in [5.41, 5.74) is 0. The van der Waals surface area contributed by atoms with Gasteiger partial charge < -0.3 is 30.5 Å². The third kappa shape index (κ3) is 4.87. The summed E-state index contributed by atoms with van der Waals surface area (Å²) < 4.78 is 5.20. The van der Waals surface area contributed by atoms with Gasteiger partial charge in [-0.05, 0) is 13.8 Å². The standard InChI is InChI=1S/C12H21N3O6/c1-7(2)13-10(17)9-6-21-4-3-15(9)12(20)14-8(5-16)11(18)19/h7-9,16H,3-6H2,1-2H3,(H,13,17)(H,14,20)(H,18,19)/t8-,9?/m1/s1. The van der Waals surface area contributed by atoms with Crippen LogP contribution in [-0.2, 0) is 14.3 Å². The number of carbonyl (C=O) groups is 3. The quantitative estimate of drug-likeness (QED) is 0.482. The van der Waals surface area contributed by atoms with Gasteiger partial charge >= 0.3 is 12.0 Å². The van der Waals surface area contributed by atoms with Crippen LogP contribution < -0.4 is 10.6 Å². The van der Waals surface area contributed by atoms with Gasteiger partial charge in [-0.25, -0.2) is 9.59 Å². The minimum atomic E-state index is -1.41. The summed E-state index contributed by atoms with van der Waals surface area (Å²) in [6.45, 7) is 3.32. The van der Waals surface area contributed by atoms with Crippen molar-refractivity contribution in [3.05, 3.63) is 0 Å². The number of hydrogen-bond acceptors (Lipinski definition) is 5. The predicted molar refractivity (Wildman–Crippen MR) is 71.6 cm³/mol. The SMILES string of the molecule is CC(C)NC(=O)C1COCCN1C(=O)N[C@H](CO)C(=O)O. The summed E-state index contributed by atoms with van der Waals surface area (Å²) in [7, 11) is 0. The molecule has 1 aliphatic rings. The third-order valence-electron chi connectivity index (χ3n) is 2.90. The van der Waals surface area contributed by atoms with Crippen molar-refractivity contribution >= 4 is 17.9 Å². The summed E-state index contributed by atoms with van der Waals surface area (Å²) in [5, 5.41) is 22.6. The van der Waals surface area contributed by atoms with Crippen LogP contribution >= 0.6 is 0 Å². The van der Waals surface area contributed by atoms with Gasteiger partial charge in [0.05, 0.1) is 19.8 Å². The van der Waals surface area contributed by atoms with Crippen molar-refractivity contribution in [2.75, 3.05) is 26.4 Å². The zero-order valence-electron chi connectivity index (χ0n) is 12.0. The summed E-state index contributed by atoms with van der Waals surface area (Å²) in [6, 6.07) is -3.04. The van der Waals surface area contributed by atoms with Crippen molar-refractivity contribution in [1.29, 1.82) is 0 Å². The summed E-state index contributed by atoms with van der Waals surface area (Å²) in [6.07, 6.45) is 0. The molecule has 120 valence electrons. The molecule has 1 fully saturated rings. The second kappa shape index (κ2) is 7.79. The molecule has 2 atom stereocenters. The molecule has 0 bridgehead atoms. The van der Waals surface area contributed by atoms with Crippen LogP contribution in [0.2, 0.25) is 0 Å². The Morgan fingerprint density at radius 2 is 2.00 bits per heavy atom. The maximum Gasteiger partial charge on any atom is 0.328 e. The fourth-order valence-corrected chi connectivity index (χ4v) is 1.86. The number of carbonyl (C=O) groups excluding carboxylic acids is 2. The minimum absolute atomic E-state index is 0.0445. The Bertz CT molecular complexity index is 400. The molecule has 1 rings (SSSR count). The van der Waals surface area contributed by atoms with E-state index < -0.39 is 30.7 Å². The number of aliphatic hydroxyl groups is 1. The number of nitrogens with zero attached hydrogens (tertiary/aromatic N) is 1. The number of amides is 3. The fraction of sp³-hybridized carbons (Fsp3) is 0.750. The molecule has 21 heavy (non-hydrogen) atoms. The smallest absolute Gasteiger partial charge is 0.328 e. The lowest BCUT2D eigenvalue weighted by Crippen LogP contribution is -2.60. The van der Waals surface area contributed by atoms with Gasteiger partial charge in [-0.2, -0.15) is 0 Å². The van der Waals surface area contributed by atoms with Crippen molar-refractivity contribution in [3.63, 3.8) is 0 Å². The molecule has 0 aliphatic carbocycles. The molecular weight excluding hydrogens is 282 g/mol. The van der Waals surface area contributed by atoms with Crippen molar-refractivity contribution in [1.82, 2.24) is 15.5 Å². The molecule has 3 amide bonds. The number of urea groups is 1. The first-order valence-electron chi connectivity index (χ1n) is 6.65. The van der Waals surface area contributed by atoms with Gasteiger partial charge in [0.15, 0.2) is 6.04 Å². The van der Waals surface area contributed by atoms with Crippen molar-refractivity contribution in [2.24, 2.45) is 0 Å². The van der Waals surface area contributed by atoms with Crippen LogP contribution in [0, 0.1) is 0 Å². The Morgan fingerprint density at radius 1 is 1.33 bits per heavy atom. The number of ether oxygens (including phenoxy) is 1. The lowest BCUT2D eigenvalue weighted by molar-refractivity contribution is -0.140. The normalized spacial score (nSPS) is 20.0. The fourth-order valence-electron chi connectivity index (χ4n) is 1.86. The van der Waals surface area contributed by atoms with Crippen LogP contribution in [0.15, 0.2) is 0 Å². The number of carboxylic acid groups (broad SMARTS) is 1. The van der Waals surface area contributed by atoms with E-state index in [9.17, 15) is 14.4 Å². The Balaban J connectivity index is 2.73. The number of rotatable bonds is 5. The summed E-state index contributed by atoms with van der Waals surface area (Å²) >= 11 is 0. The average molecular weight is 303 g/mol. The van der Waals surface area contributed by atoms with Crippen LogP contribution in [-0.4, -0.2) is 77.5 Å². The molecule has 1 aliphatic heterocycles. The van der Waals surface area contributed by atoms with Gasteiger partial charge in [0.1, 0.15) is 6.04 Å². The molecule has 1 saturated heterocycles. The van der Waals surface area contributed by atoms with Crippen molar-refractivity contribution < 1.29 is 29.3 Å². The highest BCUT2D eigenvalue weighted by atomic mass is 16.5. The first-order valence-corrected chi connectivity index (χ1v) is 6.65. The van der Waals surface area contributed by atoms with Gasteiger partial charge in [0.2, 0.25) is 5.91 Å². The van der Waals surface area contributed by atoms with E-state index in [0.717, 1.165) is 0 Å². The van der Waals surface area contributed by atoms with Crippen molar-refractivity contribution in [2.45, 2.75) is 32.0 Å². The molecule has 9 heteroatoms. The van der Waals surface area contributed by atoms with Crippen LogP contribution in [0.3, 0.4) is 0 Å². The van der Waals surface area contributed by atoms with E-state index in [2.05, 4.69) is 10.6 Å². The predicted octanol–water partition coefficient (Wildman–Crippen LogP) is -1.63. The maximum absolute atomic E-state index is 12.1. The number of aliphatic hydroxyl groups excluding tert-OH is 1. The summed E-state index contributed by atoms with van der Waals surface area (Å²) in [5.74, 6) is -1.71. The van der Waals surface area contributed by atoms with Gasteiger partial charge in [-0.15, -0.1) is 0 Å². The zero-order valence-corrected chi connectivity index (χ0v) is 12.0. The summed E-state index contributed by atoms with van der Waals surface area (Å²) in [4.78, 5) is 36.1. The molecule has 4 N–H and O–H groups in total. The van der Waals surface area contributed by atoms with Gasteiger partial charge in [0.25, 0.3) is 0 Å². The number of hydrogen-bond donors (Lipinski definition) is 4. The topological polar surface area (TPSA) is 128 Å². The second-order valence-corrected chi connectivity index (χ2v) is 4.97. The van der Waals surface area contributed by atoms with E-state index in [1.807, 2.05) is 0 Å². The van der Waals surface area contributed by atoms with E-state index in [1.165, 1.54) is 4.90 Å². The van der Waals surface area contributed by atoms with Gasteiger partial charge in [-0.1, -0.05) is 0 Å². The molecule has 1 heterocycles. The molecule has 1 unspecified atom stereocenters. The molecule has 0 spiro atoms. The van der Waals surface area contributed by atoms with Crippen LogP contribution in [0.25, 0.3) is 0 Å². The average Bonchev–Trinajstić information content (AvgIpc) is 2.43. The van der Waals surface area contributed by atoms with Gasteiger partial charge in [0, 0.05) is 12.6 Å². The van der Waals surface area contributed by atoms with Crippen molar-refractivity contribution in [3.8, 4) is 0 Å². The van der Waals surface area contributed by atoms with E-state index in [1.54, 1.807) is 13.8 Å². The number of nitrogens with one attached hydrogen (secondary N) is 2. The van der Waals surface area contributed by atoms with E-state index in [0.29, 0.717) is 0 Å². The zero-order chi connectivity index (χ0) is 16.0. The Labute approximate surface area is 122 Å². The lowest BCUT2D eigenvalue weighted by Gasteiger charge is -2.35. The van der Waals surface area contributed by atoms with E-state index >= 15 is 0 Å². The highest BCUT2D eigenvalue weighted by Crippen LogP contribution is 2.08. The van der Waals surface area contributed by atoms with Crippen LogP contribution in [0.1, 0.15) is 13.8 Å². The largest absolute Gasteiger partial charge is 0.480 e. The first-order chi connectivity index (χ1) is 9.86. The molecule has 0 aromatic rings. The third-order valence-corrected chi connectivity index (χ3v) is 2.90. The number of carboxylic acids is 1. The Morgan fingerprint density at radius 3 is 2.52 bits per heavy atom.